The first kappa shape index (κ1) is 12.0. The number of anilines is 1. The first-order valence-corrected chi connectivity index (χ1v) is 6.17. The zero-order chi connectivity index (χ0) is 12.3. The third-order valence-electron chi connectivity index (χ3n) is 2.05. The molecule has 1 aromatic heterocycles. The largest absolute Gasteiger partial charge is 0.300 e. The summed E-state index contributed by atoms with van der Waals surface area (Å²) in [6.45, 7) is 1.84. The first-order chi connectivity index (χ1) is 8.13. The molecular formula is C11H10ClN3OS. The van der Waals surface area contributed by atoms with Crippen molar-refractivity contribution in [2.24, 2.45) is 0 Å². The van der Waals surface area contributed by atoms with Crippen molar-refractivity contribution in [1.29, 1.82) is 0 Å². The summed E-state index contributed by atoms with van der Waals surface area (Å²) >= 11 is 7.12. The number of nitrogens with zero attached hydrogens (tertiary/aromatic N) is 2. The van der Waals surface area contributed by atoms with Gasteiger partial charge in [-0.3, -0.25) is 4.79 Å². The fourth-order valence-electron chi connectivity index (χ4n) is 1.30. The fourth-order valence-corrected chi connectivity index (χ4v) is 2.03. The van der Waals surface area contributed by atoms with Crippen LogP contribution in [0.25, 0.3) is 0 Å². The van der Waals surface area contributed by atoms with Gasteiger partial charge in [0.05, 0.1) is 6.42 Å². The zero-order valence-electron chi connectivity index (χ0n) is 9.11. The van der Waals surface area contributed by atoms with Gasteiger partial charge in [-0.2, -0.15) is 0 Å². The van der Waals surface area contributed by atoms with Crippen LogP contribution in [0.1, 0.15) is 10.6 Å². The van der Waals surface area contributed by atoms with Crippen LogP contribution >= 0.6 is 22.9 Å². The van der Waals surface area contributed by atoms with E-state index in [0.717, 1.165) is 10.6 Å². The molecule has 1 heterocycles. The maximum atomic E-state index is 11.7. The van der Waals surface area contributed by atoms with Crippen LogP contribution in [0, 0.1) is 6.92 Å². The zero-order valence-corrected chi connectivity index (χ0v) is 10.7. The van der Waals surface area contributed by atoms with Crippen molar-refractivity contribution >= 4 is 34.0 Å². The molecule has 0 fully saturated rings. The predicted octanol–water partition coefficient (Wildman–Crippen LogP) is 2.68. The minimum atomic E-state index is -0.108. The molecule has 4 nitrogen and oxygen atoms in total. The molecule has 88 valence electrons. The Balaban J connectivity index is 1.95. The van der Waals surface area contributed by atoms with Crippen molar-refractivity contribution in [1.82, 2.24) is 10.2 Å². The lowest BCUT2D eigenvalue weighted by Crippen LogP contribution is -2.14. The molecule has 0 atom stereocenters. The minimum Gasteiger partial charge on any atom is -0.300 e. The van der Waals surface area contributed by atoms with E-state index in [4.69, 9.17) is 11.6 Å². The summed E-state index contributed by atoms with van der Waals surface area (Å²) in [4.78, 5) is 11.7. The van der Waals surface area contributed by atoms with E-state index < -0.39 is 0 Å². The quantitative estimate of drug-likeness (QED) is 0.930. The molecule has 0 aliphatic carbocycles. The van der Waals surface area contributed by atoms with E-state index in [1.165, 1.54) is 11.3 Å². The van der Waals surface area contributed by atoms with Crippen LogP contribution in [0.2, 0.25) is 5.02 Å². The maximum Gasteiger partial charge on any atom is 0.230 e. The van der Waals surface area contributed by atoms with Gasteiger partial charge in [-0.15, -0.1) is 10.2 Å². The Hall–Kier alpha value is -1.46. The van der Waals surface area contributed by atoms with Crippen LogP contribution in [0.3, 0.4) is 0 Å². The number of nitrogens with one attached hydrogen (secondary N) is 1. The highest BCUT2D eigenvalue weighted by atomic mass is 35.5. The molecule has 2 rings (SSSR count). The first-order valence-electron chi connectivity index (χ1n) is 4.98. The summed E-state index contributed by atoms with van der Waals surface area (Å²) in [7, 11) is 0. The summed E-state index contributed by atoms with van der Waals surface area (Å²) in [5.74, 6) is -0.108. The van der Waals surface area contributed by atoms with Gasteiger partial charge in [0.15, 0.2) is 0 Å². The smallest absolute Gasteiger partial charge is 0.230 e. The number of aromatic nitrogens is 2. The van der Waals surface area contributed by atoms with Crippen LogP contribution in [0.5, 0.6) is 0 Å². The molecular weight excluding hydrogens is 258 g/mol. The molecule has 1 N–H and O–H groups in total. The maximum absolute atomic E-state index is 11.7. The van der Waals surface area contributed by atoms with E-state index in [-0.39, 0.29) is 5.91 Å². The summed E-state index contributed by atoms with van der Waals surface area (Å²) in [6, 6.07) is 7.18. The van der Waals surface area contributed by atoms with Gasteiger partial charge < -0.3 is 5.32 Å². The van der Waals surface area contributed by atoms with Gasteiger partial charge in [0.1, 0.15) is 5.01 Å². The Morgan fingerprint density at radius 1 is 1.35 bits per heavy atom. The molecule has 0 saturated heterocycles. The Morgan fingerprint density at radius 2 is 2.06 bits per heavy atom. The van der Waals surface area contributed by atoms with Crippen molar-refractivity contribution in [3.05, 3.63) is 39.9 Å². The topological polar surface area (TPSA) is 54.9 Å². The van der Waals surface area contributed by atoms with Crippen molar-refractivity contribution in [3.8, 4) is 0 Å². The molecule has 1 amide bonds. The lowest BCUT2D eigenvalue weighted by atomic mass is 10.1. The predicted molar refractivity (Wildman–Crippen MR) is 68.4 cm³/mol. The second-order valence-corrected chi connectivity index (χ2v) is 5.10. The molecule has 0 aliphatic heterocycles. The average molecular weight is 268 g/mol. The van der Waals surface area contributed by atoms with Gasteiger partial charge in [0.25, 0.3) is 0 Å². The lowest BCUT2D eigenvalue weighted by molar-refractivity contribution is -0.115. The second kappa shape index (κ2) is 5.25. The lowest BCUT2D eigenvalue weighted by Gasteiger charge is -2.01. The van der Waals surface area contributed by atoms with Gasteiger partial charge in [-0.05, 0) is 24.6 Å². The average Bonchev–Trinajstić information content (AvgIpc) is 2.67. The van der Waals surface area contributed by atoms with Gasteiger partial charge in [0.2, 0.25) is 11.0 Å². The van der Waals surface area contributed by atoms with Crippen molar-refractivity contribution in [2.75, 3.05) is 5.32 Å². The Labute approximate surface area is 108 Å². The van der Waals surface area contributed by atoms with Crippen LogP contribution in [-0.2, 0) is 11.2 Å². The van der Waals surface area contributed by atoms with E-state index in [2.05, 4.69) is 15.5 Å². The molecule has 0 saturated carbocycles. The normalized spacial score (nSPS) is 10.2. The number of rotatable bonds is 3. The number of hydrogen-bond acceptors (Lipinski definition) is 4. The standard InChI is InChI=1S/C11H10ClN3OS/c1-7-14-15-11(17-7)13-10(16)6-8-2-4-9(12)5-3-8/h2-5H,6H2,1H3,(H,13,15,16). The van der Waals surface area contributed by atoms with E-state index >= 15 is 0 Å². The SMILES string of the molecule is Cc1nnc(NC(=O)Cc2ccc(Cl)cc2)s1. The molecule has 0 spiro atoms. The number of aryl methyl sites for hydroxylation is 1. The van der Waals surface area contributed by atoms with Gasteiger partial charge >= 0.3 is 0 Å². The Bertz CT molecular complexity index is 524. The van der Waals surface area contributed by atoms with Gasteiger partial charge in [-0.1, -0.05) is 35.1 Å². The number of halogens is 1. The summed E-state index contributed by atoms with van der Waals surface area (Å²) < 4.78 is 0. The number of hydrogen-bond donors (Lipinski definition) is 1. The fraction of sp³-hybridized carbons (Fsp3) is 0.182. The van der Waals surface area contributed by atoms with Gasteiger partial charge in [-0.25, -0.2) is 0 Å². The third-order valence-corrected chi connectivity index (χ3v) is 3.06. The molecule has 0 unspecified atom stereocenters. The molecule has 6 heteroatoms. The minimum absolute atomic E-state index is 0.108. The van der Waals surface area contributed by atoms with E-state index in [9.17, 15) is 4.79 Å². The Kier molecular flexibility index (Phi) is 3.71. The molecule has 2 aromatic rings. The highest BCUT2D eigenvalue weighted by Crippen LogP contribution is 2.14. The number of benzene rings is 1. The van der Waals surface area contributed by atoms with E-state index in [1.807, 2.05) is 19.1 Å². The van der Waals surface area contributed by atoms with Crippen LogP contribution in [0.4, 0.5) is 5.13 Å². The molecule has 0 bridgehead atoms. The van der Waals surface area contributed by atoms with Crippen LogP contribution in [0.15, 0.2) is 24.3 Å². The van der Waals surface area contributed by atoms with Crippen molar-refractivity contribution < 1.29 is 4.79 Å². The van der Waals surface area contributed by atoms with Gasteiger partial charge in [0, 0.05) is 5.02 Å². The summed E-state index contributed by atoms with van der Waals surface area (Å²) in [5, 5.41) is 12.4. The van der Waals surface area contributed by atoms with E-state index in [1.54, 1.807) is 12.1 Å². The van der Waals surface area contributed by atoms with Crippen molar-refractivity contribution in [3.63, 3.8) is 0 Å². The Morgan fingerprint density at radius 3 is 2.65 bits per heavy atom. The van der Waals surface area contributed by atoms with Crippen molar-refractivity contribution in [2.45, 2.75) is 13.3 Å². The summed E-state index contributed by atoms with van der Waals surface area (Å²) in [6.07, 6.45) is 0.301. The van der Waals surface area contributed by atoms with Crippen LogP contribution < -0.4 is 5.32 Å². The second-order valence-electron chi connectivity index (χ2n) is 3.48. The van der Waals surface area contributed by atoms with Crippen LogP contribution in [-0.4, -0.2) is 16.1 Å². The molecule has 1 aromatic carbocycles. The number of carbonyl (C=O) groups is 1. The van der Waals surface area contributed by atoms with E-state index in [0.29, 0.717) is 16.6 Å². The highest BCUT2D eigenvalue weighted by molar-refractivity contribution is 7.15. The highest BCUT2D eigenvalue weighted by Gasteiger charge is 2.07. The summed E-state index contributed by atoms with van der Waals surface area (Å²) in [5.41, 5.74) is 0.910. The molecule has 0 aliphatic rings. The number of amides is 1. The third kappa shape index (κ3) is 3.51. The molecule has 0 radical (unpaired) electrons. The number of carbonyl (C=O) groups excluding carboxylic acids is 1. The monoisotopic (exact) mass is 267 g/mol. The molecule has 17 heavy (non-hydrogen) atoms.